The quantitative estimate of drug-likeness (QED) is 0.642. The van der Waals surface area contributed by atoms with Crippen molar-refractivity contribution in [1.82, 2.24) is 10.4 Å². The van der Waals surface area contributed by atoms with Crippen LogP contribution in [0, 0.1) is 5.92 Å². The number of nitrogens with zero attached hydrogens (tertiary/aromatic N) is 1. The Morgan fingerprint density at radius 2 is 2.08 bits per heavy atom. The van der Waals surface area contributed by atoms with Crippen LogP contribution in [0.5, 0.6) is 5.75 Å². The van der Waals surface area contributed by atoms with E-state index in [4.69, 9.17) is 14.7 Å². The molecule has 7 nitrogen and oxygen atoms in total. The Labute approximate surface area is 146 Å². The SMILES string of the molecule is CCC1COc2cc(C(=O)NO)ccc2CN1C(=O)C1CCOCC1. The Bertz CT molecular complexity index is 642. The van der Waals surface area contributed by atoms with Crippen LogP contribution in [0.3, 0.4) is 0 Å². The fourth-order valence-corrected chi connectivity index (χ4v) is 3.39. The highest BCUT2D eigenvalue weighted by Gasteiger charge is 2.33. The molecule has 1 fully saturated rings. The number of hydroxylamine groups is 1. The van der Waals surface area contributed by atoms with Crippen molar-refractivity contribution >= 4 is 11.8 Å². The molecule has 136 valence electrons. The molecule has 0 spiro atoms. The van der Waals surface area contributed by atoms with Crippen molar-refractivity contribution in [3.63, 3.8) is 0 Å². The van der Waals surface area contributed by atoms with Crippen LogP contribution < -0.4 is 10.2 Å². The molecule has 2 aliphatic heterocycles. The van der Waals surface area contributed by atoms with Gasteiger partial charge in [0, 0.05) is 36.8 Å². The molecular weight excluding hydrogens is 324 g/mol. The molecule has 1 aromatic rings. The van der Waals surface area contributed by atoms with Gasteiger partial charge in [0.05, 0.1) is 6.04 Å². The molecule has 1 aromatic carbocycles. The number of hydrogen-bond donors (Lipinski definition) is 2. The lowest BCUT2D eigenvalue weighted by Crippen LogP contribution is -2.45. The first kappa shape index (κ1) is 17.7. The molecule has 0 saturated carbocycles. The molecule has 2 heterocycles. The van der Waals surface area contributed by atoms with Gasteiger partial charge in [-0.2, -0.15) is 0 Å². The highest BCUT2D eigenvalue weighted by atomic mass is 16.5. The van der Waals surface area contributed by atoms with Crippen molar-refractivity contribution in [2.24, 2.45) is 5.92 Å². The number of fused-ring (bicyclic) bond motifs is 1. The van der Waals surface area contributed by atoms with E-state index in [9.17, 15) is 9.59 Å². The molecule has 25 heavy (non-hydrogen) atoms. The molecule has 0 bridgehead atoms. The van der Waals surface area contributed by atoms with Gasteiger partial charge >= 0.3 is 0 Å². The van der Waals surface area contributed by atoms with Crippen LogP contribution in [-0.4, -0.2) is 47.8 Å². The normalized spacial score (nSPS) is 21.0. The van der Waals surface area contributed by atoms with Crippen LogP contribution in [-0.2, 0) is 16.1 Å². The van der Waals surface area contributed by atoms with Crippen molar-refractivity contribution in [2.75, 3.05) is 19.8 Å². The number of nitrogens with one attached hydrogen (secondary N) is 1. The van der Waals surface area contributed by atoms with Gasteiger partial charge in [-0.25, -0.2) is 5.48 Å². The summed E-state index contributed by atoms with van der Waals surface area (Å²) in [6, 6.07) is 5.01. The lowest BCUT2D eigenvalue weighted by Gasteiger charge is -2.33. The Morgan fingerprint density at radius 3 is 2.76 bits per heavy atom. The standard InChI is InChI=1S/C18H24N2O5/c1-2-15-11-25-16-9-13(17(21)19-23)3-4-14(16)10-20(15)18(22)12-5-7-24-8-6-12/h3-4,9,12,15,23H,2,5-8,10-11H2,1H3,(H,19,21). The van der Waals surface area contributed by atoms with E-state index in [1.54, 1.807) is 23.7 Å². The average molecular weight is 348 g/mol. The minimum Gasteiger partial charge on any atom is -0.491 e. The smallest absolute Gasteiger partial charge is 0.274 e. The van der Waals surface area contributed by atoms with Crippen molar-refractivity contribution < 1.29 is 24.3 Å². The predicted molar refractivity (Wildman–Crippen MR) is 89.4 cm³/mol. The Hall–Kier alpha value is -2.12. The molecule has 1 unspecified atom stereocenters. The molecule has 0 radical (unpaired) electrons. The molecule has 0 aliphatic carbocycles. The molecule has 2 amide bonds. The summed E-state index contributed by atoms with van der Waals surface area (Å²) in [5.74, 6) is 0.159. The van der Waals surface area contributed by atoms with Gasteiger partial charge < -0.3 is 14.4 Å². The van der Waals surface area contributed by atoms with Crippen molar-refractivity contribution in [3.05, 3.63) is 29.3 Å². The summed E-state index contributed by atoms with van der Waals surface area (Å²) < 4.78 is 11.2. The summed E-state index contributed by atoms with van der Waals surface area (Å²) in [5, 5.41) is 8.78. The molecule has 3 rings (SSSR count). The minimum atomic E-state index is -0.585. The van der Waals surface area contributed by atoms with Crippen LogP contribution in [0.4, 0.5) is 0 Å². The zero-order valence-corrected chi connectivity index (χ0v) is 14.4. The van der Waals surface area contributed by atoms with Crippen molar-refractivity contribution in [2.45, 2.75) is 38.8 Å². The number of hydrogen-bond acceptors (Lipinski definition) is 5. The van der Waals surface area contributed by atoms with E-state index in [2.05, 4.69) is 0 Å². The third-order valence-corrected chi connectivity index (χ3v) is 4.97. The number of carbonyl (C=O) groups excluding carboxylic acids is 2. The van der Waals surface area contributed by atoms with Crippen molar-refractivity contribution in [3.8, 4) is 5.75 Å². The van der Waals surface area contributed by atoms with Crippen LogP contribution in [0.1, 0.15) is 42.1 Å². The molecule has 0 aromatic heterocycles. The van der Waals surface area contributed by atoms with Gasteiger partial charge in [-0.1, -0.05) is 13.0 Å². The molecular formula is C18H24N2O5. The lowest BCUT2D eigenvalue weighted by molar-refractivity contribution is -0.142. The minimum absolute atomic E-state index is 0.00198. The number of ether oxygens (including phenoxy) is 2. The number of amides is 2. The first-order valence-electron chi connectivity index (χ1n) is 8.72. The van der Waals surface area contributed by atoms with Crippen molar-refractivity contribution in [1.29, 1.82) is 0 Å². The highest BCUT2D eigenvalue weighted by molar-refractivity contribution is 5.93. The maximum Gasteiger partial charge on any atom is 0.274 e. The molecule has 2 aliphatic rings. The summed E-state index contributed by atoms with van der Waals surface area (Å²) in [7, 11) is 0. The maximum absolute atomic E-state index is 13.0. The van der Waals surface area contributed by atoms with Crippen LogP contribution in [0.25, 0.3) is 0 Å². The van der Waals surface area contributed by atoms with E-state index in [-0.39, 0.29) is 17.9 Å². The lowest BCUT2D eigenvalue weighted by atomic mass is 9.97. The molecule has 7 heteroatoms. The predicted octanol–water partition coefficient (Wildman–Crippen LogP) is 1.73. The van der Waals surface area contributed by atoms with Crippen LogP contribution >= 0.6 is 0 Å². The zero-order chi connectivity index (χ0) is 17.8. The zero-order valence-electron chi connectivity index (χ0n) is 14.4. The van der Waals surface area contributed by atoms with Crippen LogP contribution in [0.15, 0.2) is 18.2 Å². The second-order valence-electron chi connectivity index (χ2n) is 6.49. The van der Waals surface area contributed by atoms with Gasteiger partial charge in [0.1, 0.15) is 12.4 Å². The van der Waals surface area contributed by atoms with E-state index in [1.165, 1.54) is 0 Å². The molecule has 1 saturated heterocycles. The molecule has 1 atom stereocenters. The highest BCUT2D eigenvalue weighted by Crippen LogP contribution is 2.29. The topological polar surface area (TPSA) is 88.1 Å². The second kappa shape index (κ2) is 7.84. The first-order chi connectivity index (χ1) is 12.1. The Kier molecular flexibility index (Phi) is 5.55. The number of carbonyl (C=O) groups is 2. The number of rotatable bonds is 3. The third kappa shape index (κ3) is 3.77. The van der Waals surface area contributed by atoms with E-state index < -0.39 is 5.91 Å². The summed E-state index contributed by atoms with van der Waals surface area (Å²) >= 11 is 0. The maximum atomic E-state index is 13.0. The summed E-state index contributed by atoms with van der Waals surface area (Å²) in [4.78, 5) is 26.5. The van der Waals surface area contributed by atoms with Gasteiger partial charge in [0.25, 0.3) is 5.91 Å². The van der Waals surface area contributed by atoms with Gasteiger partial charge in [-0.3, -0.25) is 14.8 Å². The average Bonchev–Trinajstić information content (AvgIpc) is 2.86. The summed E-state index contributed by atoms with van der Waals surface area (Å²) in [6.07, 6.45) is 2.32. The van der Waals surface area contributed by atoms with E-state index in [0.29, 0.717) is 37.7 Å². The molecule has 2 N–H and O–H groups in total. The third-order valence-electron chi connectivity index (χ3n) is 4.97. The Morgan fingerprint density at radius 1 is 1.32 bits per heavy atom. The van der Waals surface area contributed by atoms with E-state index >= 15 is 0 Å². The second-order valence-corrected chi connectivity index (χ2v) is 6.49. The van der Waals surface area contributed by atoms with E-state index in [1.807, 2.05) is 11.8 Å². The summed E-state index contributed by atoms with van der Waals surface area (Å²) in [5.41, 5.74) is 2.81. The fraction of sp³-hybridized carbons (Fsp3) is 0.556. The first-order valence-corrected chi connectivity index (χ1v) is 8.72. The monoisotopic (exact) mass is 348 g/mol. The van der Waals surface area contributed by atoms with Crippen LogP contribution in [0.2, 0.25) is 0 Å². The summed E-state index contributed by atoms with van der Waals surface area (Å²) in [6.45, 7) is 4.16. The number of benzene rings is 1. The fourth-order valence-electron chi connectivity index (χ4n) is 3.39. The van der Waals surface area contributed by atoms with Gasteiger partial charge in [-0.15, -0.1) is 0 Å². The van der Waals surface area contributed by atoms with Gasteiger partial charge in [0.15, 0.2) is 0 Å². The Balaban J connectivity index is 1.84. The van der Waals surface area contributed by atoms with E-state index in [0.717, 1.165) is 24.8 Å². The largest absolute Gasteiger partial charge is 0.491 e. The van der Waals surface area contributed by atoms with Gasteiger partial charge in [-0.05, 0) is 31.4 Å². The van der Waals surface area contributed by atoms with Gasteiger partial charge in [0.2, 0.25) is 5.91 Å².